The van der Waals surface area contributed by atoms with Crippen LogP contribution in [0.4, 0.5) is 0 Å². The monoisotopic (exact) mass is 296 g/mol. The molecule has 2 atom stereocenters. The summed E-state index contributed by atoms with van der Waals surface area (Å²) < 4.78 is 0. The summed E-state index contributed by atoms with van der Waals surface area (Å²) in [6.45, 7) is 8.98. The van der Waals surface area contributed by atoms with Gasteiger partial charge < -0.3 is 14.8 Å². The molecule has 5 nitrogen and oxygen atoms in total. The Labute approximate surface area is 126 Å². The molecule has 120 valence electrons. The van der Waals surface area contributed by atoms with E-state index in [1.165, 1.54) is 0 Å². The van der Waals surface area contributed by atoms with Gasteiger partial charge in [0.25, 0.3) is 0 Å². The molecule has 0 unspecified atom stereocenters. The predicted molar refractivity (Wildman–Crippen MR) is 77.1 cm³/mol. The molecule has 1 heterocycles. The van der Waals surface area contributed by atoms with Crippen LogP contribution in [0, 0.1) is 23.7 Å². The van der Waals surface area contributed by atoms with Gasteiger partial charge in [0.15, 0.2) is 0 Å². The van der Waals surface area contributed by atoms with Crippen molar-refractivity contribution in [1.29, 1.82) is 0 Å². The zero-order valence-electron chi connectivity index (χ0n) is 13.4. The first-order chi connectivity index (χ1) is 9.72. The molecule has 1 saturated heterocycles. The normalized spacial score (nSPS) is 22.1. The summed E-state index contributed by atoms with van der Waals surface area (Å²) in [5.74, 6) is -0.691. The Morgan fingerprint density at radius 2 is 1.71 bits per heavy atom. The average molecular weight is 296 g/mol. The van der Waals surface area contributed by atoms with Gasteiger partial charge in [0.05, 0.1) is 0 Å². The van der Waals surface area contributed by atoms with Crippen molar-refractivity contribution in [2.24, 2.45) is 23.7 Å². The van der Waals surface area contributed by atoms with Crippen LogP contribution in [0.1, 0.15) is 47.0 Å². The van der Waals surface area contributed by atoms with Crippen LogP contribution < -0.4 is 5.11 Å². The largest absolute Gasteiger partial charge is 0.550 e. The number of carboxylic acids is 1. The first-order valence-electron chi connectivity index (χ1n) is 7.73. The molecule has 0 radical (unpaired) electrons. The SMILES string of the molecule is CC(C)C[C@H]1CN(C(=O)CCC(=O)[O-])C[C@@H]1C(=O)C(C)C. The number of hydrogen-bond acceptors (Lipinski definition) is 4. The van der Waals surface area contributed by atoms with Crippen molar-refractivity contribution < 1.29 is 19.5 Å². The number of hydrogen-bond donors (Lipinski definition) is 0. The molecule has 1 rings (SSSR count). The molecule has 1 amide bonds. The van der Waals surface area contributed by atoms with Crippen molar-refractivity contribution in [2.75, 3.05) is 13.1 Å². The number of carbonyl (C=O) groups is 3. The van der Waals surface area contributed by atoms with E-state index in [0.29, 0.717) is 19.0 Å². The average Bonchev–Trinajstić information content (AvgIpc) is 2.77. The van der Waals surface area contributed by atoms with Crippen LogP contribution >= 0.6 is 0 Å². The minimum absolute atomic E-state index is 0.0390. The van der Waals surface area contributed by atoms with E-state index in [1.54, 1.807) is 4.90 Å². The van der Waals surface area contributed by atoms with E-state index >= 15 is 0 Å². The van der Waals surface area contributed by atoms with Crippen LogP contribution in [0.25, 0.3) is 0 Å². The summed E-state index contributed by atoms with van der Waals surface area (Å²) in [5, 5.41) is 10.5. The standard InChI is InChI=1S/C16H27NO4/c1-10(2)7-12-8-17(14(18)5-6-15(19)20)9-13(12)16(21)11(3)4/h10-13H,5-9H2,1-4H3,(H,19,20)/p-1/t12-,13-/m0/s1. The molecular formula is C16H26NO4-. The smallest absolute Gasteiger partial charge is 0.222 e. The molecule has 0 aliphatic carbocycles. The zero-order valence-corrected chi connectivity index (χ0v) is 13.4. The molecule has 0 bridgehead atoms. The third kappa shape index (κ3) is 5.14. The number of likely N-dealkylation sites (tertiary alicyclic amines) is 1. The molecular weight excluding hydrogens is 270 g/mol. The zero-order chi connectivity index (χ0) is 16.2. The molecule has 21 heavy (non-hydrogen) atoms. The molecule has 1 aliphatic heterocycles. The van der Waals surface area contributed by atoms with Crippen molar-refractivity contribution in [3.05, 3.63) is 0 Å². The van der Waals surface area contributed by atoms with Crippen LogP contribution in [0.3, 0.4) is 0 Å². The molecule has 0 spiro atoms. The van der Waals surface area contributed by atoms with Crippen LogP contribution in [-0.4, -0.2) is 35.6 Å². The molecule has 1 fully saturated rings. The topological polar surface area (TPSA) is 77.5 Å². The van der Waals surface area contributed by atoms with Crippen molar-refractivity contribution in [3.8, 4) is 0 Å². The number of carboxylic acid groups (broad SMARTS) is 1. The highest BCUT2D eigenvalue weighted by Gasteiger charge is 2.39. The van der Waals surface area contributed by atoms with E-state index in [4.69, 9.17) is 0 Å². The maximum Gasteiger partial charge on any atom is 0.222 e. The lowest BCUT2D eigenvalue weighted by molar-refractivity contribution is -0.305. The Balaban J connectivity index is 2.72. The van der Waals surface area contributed by atoms with Gasteiger partial charge in [0, 0.05) is 37.3 Å². The van der Waals surface area contributed by atoms with Crippen molar-refractivity contribution in [1.82, 2.24) is 4.90 Å². The second kappa shape index (κ2) is 7.57. The molecule has 5 heteroatoms. The van der Waals surface area contributed by atoms with Gasteiger partial charge in [-0.05, 0) is 24.7 Å². The van der Waals surface area contributed by atoms with Gasteiger partial charge in [-0.1, -0.05) is 27.7 Å². The summed E-state index contributed by atoms with van der Waals surface area (Å²) in [5.41, 5.74) is 0. The molecule has 1 aliphatic rings. The number of rotatable bonds is 7. The second-order valence-corrected chi connectivity index (χ2v) is 6.72. The van der Waals surface area contributed by atoms with E-state index in [2.05, 4.69) is 13.8 Å². The lowest BCUT2D eigenvalue weighted by Crippen LogP contribution is -2.32. The molecule has 0 aromatic carbocycles. The molecule has 0 N–H and O–H groups in total. The Kier molecular flexibility index (Phi) is 6.37. The Hall–Kier alpha value is -1.39. The lowest BCUT2D eigenvalue weighted by Gasteiger charge is -2.20. The van der Waals surface area contributed by atoms with Crippen molar-refractivity contribution in [2.45, 2.75) is 47.0 Å². The minimum Gasteiger partial charge on any atom is -0.550 e. The fourth-order valence-corrected chi connectivity index (χ4v) is 3.04. The maximum atomic E-state index is 12.3. The summed E-state index contributed by atoms with van der Waals surface area (Å²) in [7, 11) is 0. The van der Waals surface area contributed by atoms with Crippen LogP contribution in [0.5, 0.6) is 0 Å². The number of nitrogens with zero attached hydrogens (tertiary/aromatic N) is 1. The van der Waals surface area contributed by atoms with Gasteiger partial charge in [-0.2, -0.15) is 0 Å². The maximum absolute atomic E-state index is 12.3. The third-order valence-electron chi connectivity index (χ3n) is 4.05. The Morgan fingerprint density at radius 1 is 1.10 bits per heavy atom. The Morgan fingerprint density at radius 3 is 2.19 bits per heavy atom. The molecule has 0 saturated carbocycles. The van der Waals surface area contributed by atoms with Crippen LogP contribution in [-0.2, 0) is 14.4 Å². The number of Topliss-reactive ketones (excluding diaryl/α,β-unsaturated/α-hetero) is 1. The van der Waals surface area contributed by atoms with Crippen LogP contribution in [0.2, 0.25) is 0 Å². The van der Waals surface area contributed by atoms with Gasteiger partial charge in [-0.15, -0.1) is 0 Å². The molecule has 0 aromatic rings. The summed E-state index contributed by atoms with van der Waals surface area (Å²) in [4.78, 5) is 36.5. The predicted octanol–water partition coefficient (Wildman–Crippen LogP) is 0.862. The fraction of sp³-hybridized carbons (Fsp3) is 0.812. The fourth-order valence-electron chi connectivity index (χ4n) is 3.04. The van der Waals surface area contributed by atoms with E-state index < -0.39 is 5.97 Å². The van der Waals surface area contributed by atoms with Gasteiger partial charge in [0.2, 0.25) is 5.91 Å². The highest BCUT2D eigenvalue weighted by atomic mass is 16.4. The number of aliphatic carboxylic acids is 1. The molecule has 0 aromatic heterocycles. The minimum atomic E-state index is -1.21. The van der Waals surface area contributed by atoms with Gasteiger partial charge >= 0.3 is 0 Å². The van der Waals surface area contributed by atoms with Gasteiger partial charge in [0.1, 0.15) is 5.78 Å². The van der Waals surface area contributed by atoms with Gasteiger partial charge in [-0.25, -0.2) is 0 Å². The highest BCUT2D eigenvalue weighted by molar-refractivity contribution is 5.86. The Bertz CT molecular complexity index is 403. The van der Waals surface area contributed by atoms with E-state index in [-0.39, 0.29) is 42.3 Å². The third-order valence-corrected chi connectivity index (χ3v) is 4.05. The highest BCUT2D eigenvalue weighted by Crippen LogP contribution is 2.31. The van der Waals surface area contributed by atoms with Crippen LogP contribution in [0.15, 0.2) is 0 Å². The number of ketones is 1. The lowest BCUT2D eigenvalue weighted by atomic mass is 9.82. The summed E-state index contributed by atoms with van der Waals surface area (Å²) in [6, 6.07) is 0. The van der Waals surface area contributed by atoms with E-state index in [0.717, 1.165) is 6.42 Å². The summed E-state index contributed by atoms with van der Waals surface area (Å²) in [6.07, 6.45) is 0.611. The number of carbonyl (C=O) groups excluding carboxylic acids is 3. The van der Waals surface area contributed by atoms with Gasteiger partial charge in [-0.3, -0.25) is 9.59 Å². The van der Waals surface area contributed by atoms with Crippen molar-refractivity contribution in [3.63, 3.8) is 0 Å². The first-order valence-corrected chi connectivity index (χ1v) is 7.73. The van der Waals surface area contributed by atoms with E-state index in [1.807, 2.05) is 13.8 Å². The summed E-state index contributed by atoms with van der Waals surface area (Å²) >= 11 is 0. The van der Waals surface area contributed by atoms with Crippen molar-refractivity contribution >= 4 is 17.7 Å². The second-order valence-electron chi connectivity index (χ2n) is 6.72. The first kappa shape index (κ1) is 17.7. The quantitative estimate of drug-likeness (QED) is 0.698. The van der Waals surface area contributed by atoms with E-state index in [9.17, 15) is 19.5 Å². The number of amides is 1.